The second-order valence-corrected chi connectivity index (χ2v) is 12.0. The van der Waals surface area contributed by atoms with E-state index in [-0.39, 0.29) is 43.3 Å². The van der Waals surface area contributed by atoms with Gasteiger partial charge in [-0.25, -0.2) is 9.59 Å². The minimum atomic E-state index is -1.19. The molecule has 0 fully saturated rings. The van der Waals surface area contributed by atoms with E-state index in [4.69, 9.17) is 18.9 Å². The molecule has 1 rings (SSSR count). The highest BCUT2D eigenvalue weighted by atomic mass is 33.1. The Labute approximate surface area is 244 Å². The van der Waals surface area contributed by atoms with Crippen molar-refractivity contribution in [2.24, 2.45) is 0 Å². The summed E-state index contributed by atoms with van der Waals surface area (Å²) in [6.45, 7) is 7.00. The van der Waals surface area contributed by atoms with Crippen molar-refractivity contribution in [3.8, 4) is 0 Å². The minimum Gasteiger partial charge on any atom is -0.463 e. The van der Waals surface area contributed by atoms with Gasteiger partial charge in [-0.05, 0) is 50.5 Å². The van der Waals surface area contributed by atoms with Crippen LogP contribution in [0, 0.1) is 0 Å². The van der Waals surface area contributed by atoms with Crippen LogP contribution in [-0.2, 0) is 28.5 Å². The molecule has 0 aliphatic carbocycles. The van der Waals surface area contributed by atoms with Crippen molar-refractivity contribution in [3.63, 3.8) is 0 Å². The van der Waals surface area contributed by atoms with Crippen LogP contribution in [0.2, 0.25) is 0 Å². The Morgan fingerprint density at radius 1 is 0.750 bits per heavy atom. The smallest absolute Gasteiger partial charge is 0.338 e. The van der Waals surface area contributed by atoms with E-state index in [1.54, 1.807) is 0 Å². The van der Waals surface area contributed by atoms with Crippen LogP contribution in [0.3, 0.4) is 0 Å². The summed E-state index contributed by atoms with van der Waals surface area (Å²) in [6, 6.07) is 5.58. The summed E-state index contributed by atoms with van der Waals surface area (Å²) in [7, 11) is 2.91. The lowest BCUT2D eigenvalue weighted by molar-refractivity contribution is -0.158. The molecule has 226 valence electrons. The Hall–Kier alpha value is -2.28. The van der Waals surface area contributed by atoms with E-state index < -0.39 is 35.7 Å². The number of aliphatic hydroxyl groups excluding tert-OH is 2. The van der Waals surface area contributed by atoms with Crippen LogP contribution in [-0.4, -0.2) is 83.2 Å². The SMILES string of the molecule is CCCC(O)COC(=O)c1ccc(C(=O)OCC(O)COC(=O)CCSSCCC(=O)OC(C)(CC)CC)cc1. The third-order valence-electron chi connectivity index (χ3n) is 5.95. The Kier molecular flexibility index (Phi) is 17.6. The fourth-order valence-electron chi connectivity index (χ4n) is 3.07. The Morgan fingerprint density at radius 2 is 1.20 bits per heavy atom. The first-order valence-corrected chi connectivity index (χ1v) is 15.9. The standard InChI is InChI=1S/C28H42O10S2/c1-5-8-22(29)17-36-26(33)20-9-11-21(12-10-20)27(34)37-19-23(30)18-35-24(31)13-15-39-40-16-14-25(32)38-28(4,6-2)7-3/h9-12,22-23,29-30H,5-8,13-19H2,1-4H3. The maximum atomic E-state index is 12.2. The summed E-state index contributed by atoms with van der Waals surface area (Å²) in [5, 5.41) is 19.6. The molecule has 0 saturated carbocycles. The first-order chi connectivity index (χ1) is 19.0. The number of esters is 4. The van der Waals surface area contributed by atoms with E-state index >= 15 is 0 Å². The summed E-state index contributed by atoms with van der Waals surface area (Å²) in [6.07, 6.45) is 1.33. The van der Waals surface area contributed by atoms with Crippen LogP contribution >= 0.6 is 21.6 Å². The zero-order chi connectivity index (χ0) is 30.0. The zero-order valence-corrected chi connectivity index (χ0v) is 25.4. The van der Waals surface area contributed by atoms with E-state index in [1.807, 2.05) is 27.7 Å². The van der Waals surface area contributed by atoms with Crippen molar-refractivity contribution in [2.75, 3.05) is 31.3 Å². The predicted molar refractivity (Wildman–Crippen MR) is 154 cm³/mol. The Balaban J connectivity index is 2.21. The second kappa shape index (κ2) is 19.7. The van der Waals surface area contributed by atoms with Crippen LogP contribution < -0.4 is 0 Å². The molecule has 0 spiro atoms. The van der Waals surface area contributed by atoms with Crippen molar-refractivity contribution in [3.05, 3.63) is 35.4 Å². The molecule has 0 aromatic heterocycles. The van der Waals surface area contributed by atoms with E-state index in [0.29, 0.717) is 24.3 Å². The zero-order valence-electron chi connectivity index (χ0n) is 23.7. The summed E-state index contributed by atoms with van der Waals surface area (Å²) in [5.74, 6) is -1.00. The van der Waals surface area contributed by atoms with Crippen molar-refractivity contribution in [1.82, 2.24) is 0 Å². The molecule has 0 saturated heterocycles. The summed E-state index contributed by atoms with van der Waals surface area (Å²) in [4.78, 5) is 48.1. The largest absolute Gasteiger partial charge is 0.463 e. The van der Waals surface area contributed by atoms with Gasteiger partial charge in [-0.2, -0.15) is 0 Å². The Morgan fingerprint density at radius 3 is 1.68 bits per heavy atom. The molecular weight excluding hydrogens is 560 g/mol. The third-order valence-corrected chi connectivity index (χ3v) is 8.36. The molecule has 2 unspecified atom stereocenters. The van der Waals surface area contributed by atoms with E-state index in [2.05, 4.69) is 0 Å². The van der Waals surface area contributed by atoms with Crippen molar-refractivity contribution in [1.29, 1.82) is 0 Å². The highest BCUT2D eigenvalue weighted by Gasteiger charge is 2.24. The van der Waals surface area contributed by atoms with Gasteiger partial charge in [-0.3, -0.25) is 9.59 Å². The maximum absolute atomic E-state index is 12.2. The number of hydrogen-bond acceptors (Lipinski definition) is 12. The van der Waals surface area contributed by atoms with Gasteiger partial charge in [0.15, 0.2) is 0 Å². The molecule has 0 amide bonds. The van der Waals surface area contributed by atoms with E-state index in [0.717, 1.165) is 19.3 Å². The minimum absolute atomic E-state index is 0.104. The molecule has 1 aromatic rings. The fraction of sp³-hybridized carbons (Fsp3) is 0.643. The van der Waals surface area contributed by atoms with Gasteiger partial charge in [0.25, 0.3) is 0 Å². The van der Waals surface area contributed by atoms with Gasteiger partial charge in [0, 0.05) is 11.5 Å². The number of hydrogen-bond donors (Lipinski definition) is 2. The lowest BCUT2D eigenvalue weighted by Gasteiger charge is -2.26. The quantitative estimate of drug-likeness (QED) is 0.0947. The molecule has 0 heterocycles. The average molecular weight is 603 g/mol. The van der Waals surface area contributed by atoms with Crippen molar-refractivity contribution < 1.29 is 48.3 Å². The molecular formula is C28H42O10S2. The van der Waals surface area contributed by atoms with Gasteiger partial charge in [0.1, 0.15) is 31.5 Å². The highest BCUT2D eigenvalue weighted by Crippen LogP contribution is 2.25. The topological polar surface area (TPSA) is 146 Å². The van der Waals surface area contributed by atoms with Crippen molar-refractivity contribution in [2.45, 2.75) is 84.0 Å². The number of aliphatic hydroxyl groups is 2. The molecule has 0 aliphatic rings. The average Bonchev–Trinajstić information content (AvgIpc) is 2.95. The summed E-state index contributed by atoms with van der Waals surface area (Å²) < 4.78 is 20.6. The number of carbonyl (C=O) groups excluding carboxylic acids is 4. The Bertz CT molecular complexity index is 918. The van der Waals surface area contributed by atoms with Crippen LogP contribution in [0.5, 0.6) is 0 Å². The molecule has 10 nitrogen and oxygen atoms in total. The fourth-order valence-corrected chi connectivity index (χ4v) is 5.01. The molecule has 0 bridgehead atoms. The molecule has 0 radical (unpaired) electrons. The normalized spacial score (nSPS) is 12.8. The number of rotatable bonds is 20. The lowest BCUT2D eigenvalue weighted by Crippen LogP contribution is -2.30. The summed E-state index contributed by atoms with van der Waals surface area (Å²) >= 11 is 0. The highest BCUT2D eigenvalue weighted by molar-refractivity contribution is 8.76. The molecule has 2 N–H and O–H groups in total. The van der Waals surface area contributed by atoms with Gasteiger partial charge >= 0.3 is 23.9 Å². The van der Waals surface area contributed by atoms with E-state index in [9.17, 15) is 29.4 Å². The second-order valence-electron chi connectivity index (χ2n) is 9.33. The van der Waals surface area contributed by atoms with Crippen molar-refractivity contribution >= 4 is 45.5 Å². The van der Waals surface area contributed by atoms with Crippen LogP contribution in [0.1, 0.15) is 86.9 Å². The molecule has 40 heavy (non-hydrogen) atoms. The molecule has 2 atom stereocenters. The van der Waals surface area contributed by atoms with Gasteiger partial charge in [-0.15, -0.1) is 0 Å². The first-order valence-electron chi connectivity index (χ1n) is 13.5. The molecule has 1 aromatic carbocycles. The van der Waals surface area contributed by atoms with Crippen LogP contribution in [0.15, 0.2) is 24.3 Å². The predicted octanol–water partition coefficient (Wildman–Crippen LogP) is 4.35. The monoisotopic (exact) mass is 602 g/mol. The number of benzene rings is 1. The van der Waals surface area contributed by atoms with Gasteiger partial charge < -0.3 is 29.2 Å². The number of ether oxygens (including phenoxy) is 4. The lowest BCUT2D eigenvalue weighted by atomic mass is 10.0. The van der Waals surface area contributed by atoms with E-state index in [1.165, 1.54) is 45.9 Å². The van der Waals surface area contributed by atoms with Gasteiger partial charge in [0.2, 0.25) is 0 Å². The van der Waals surface area contributed by atoms with Gasteiger partial charge in [-0.1, -0.05) is 48.8 Å². The van der Waals surface area contributed by atoms with Crippen LogP contribution in [0.4, 0.5) is 0 Å². The summed E-state index contributed by atoms with van der Waals surface area (Å²) in [5.41, 5.74) is -0.0402. The number of carbonyl (C=O) groups is 4. The van der Waals surface area contributed by atoms with Crippen LogP contribution in [0.25, 0.3) is 0 Å². The first kappa shape index (κ1) is 35.7. The van der Waals surface area contributed by atoms with Gasteiger partial charge in [0.05, 0.1) is 30.1 Å². The molecule has 0 aliphatic heterocycles. The molecule has 12 heteroatoms. The maximum Gasteiger partial charge on any atom is 0.338 e. The third kappa shape index (κ3) is 14.9.